The molecular formula is C42H52FN7O9S2Si. The number of piperidine rings is 1. The second kappa shape index (κ2) is 19.2. The first-order chi connectivity index (χ1) is 29.4. The van der Waals surface area contributed by atoms with Crippen LogP contribution in [0.5, 0.6) is 17.2 Å². The molecule has 20 heteroatoms. The van der Waals surface area contributed by atoms with Gasteiger partial charge in [0.15, 0.2) is 9.84 Å². The number of nitrogens with zero attached hydrogens (tertiary/aromatic N) is 6. The Kier molecular flexibility index (Phi) is 14.2. The van der Waals surface area contributed by atoms with Gasteiger partial charge in [-0.15, -0.1) is 10.2 Å². The second-order valence-corrected chi connectivity index (χ2v) is 25.8. The molecule has 16 nitrogen and oxygen atoms in total. The van der Waals surface area contributed by atoms with Crippen molar-refractivity contribution in [3.05, 3.63) is 102 Å². The first-order valence-corrected chi connectivity index (χ1v) is 26.7. The SMILES string of the molecule is COc1ccc(CN(Cc2ccc(OC)cc2)S(=O)(=O)c2c(S(=O)(=O)CC[Si](C)(C)C)ccc(N3CC[C@@H](NC(=O)O)[C@@H](F)C3)c2-c2nnn(Cc3ccc(OC)cc3)n2)cc1. The Bertz CT molecular complexity index is 2510. The number of sulfone groups is 1. The number of sulfonamides is 1. The van der Waals surface area contributed by atoms with E-state index in [9.17, 15) is 18.3 Å². The summed E-state index contributed by atoms with van der Waals surface area (Å²) in [5.41, 5.74) is 1.90. The molecule has 1 aromatic heterocycles. The highest BCUT2D eigenvalue weighted by atomic mass is 32.2. The van der Waals surface area contributed by atoms with Gasteiger partial charge in [0, 0.05) is 33.4 Å². The van der Waals surface area contributed by atoms with Crippen LogP contribution in [-0.2, 0) is 39.5 Å². The number of ether oxygens (including phenoxy) is 3. The topological polar surface area (TPSA) is 195 Å². The molecule has 0 bridgehead atoms. The molecule has 332 valence electrons. The van der Waals surface area contributed by atoms with Crippen molar-refractivity contribution >= 4 is 39.7 Å². The van der Waals surface area contributed by atoms with Gasteiger partial charge in [-0.25, -0.2) is 26.0 Å². The van der Waals surface area contributed by atoms with E-state index >= 15 is 12.8 Å². The van der Waals surface area contributed by atoms with Crippen molar-refractivity contribution in [2.75, 3.05) is 45.1 Å². The molecule has 5 aromatic rings. The predicted octanol–water partition coefficient (Wildman–Crippen LogP) is 6.10. The molecule has 0 spiro atoms. The van der Waals surface area contributed by atoms with Crippen molar-refractivity contribution in [1.29, 1.82) is 0 Å². The number of hydrogen-bond donors (Lipinski definition) is 2. The average molecular weight is 910 g/mol. The van der Waals surface area contributed by atoms with Crippen LogP contribution in [0.3, 0.4) is 0 Å². The zero-order chi connectivity index (χ0) is 44.8. The lowest BCUT2D eigenvalue weighted by Crippen LogP contribution is -2.52. The van der Waals surface area contributed by atoms with E-state index < -0.39 is 56.0 Å². The molecule has 2 atom stereocenters. The van der Waals surface area contributed by atoms with Crippen LogP contribution in [0.15, 0.2) is 94.7 Å². The third kappa shape index (κ3) is 11.1. The van der Waals surface area contributed by atoms with Crippen LogP contribution in [0.1, 0.15) is 23.1 Å². The van der Waals surface area contributed by atoms with Gasteiger partial charge in [0.2, 0.25) is 15.8 Å². The number of nitrogens with one attached hydrogen (secondary N) is 1. The number of amides is 1. The minimum Gasteiger partial charge on any atom is -0.497 e. The summed E-state index contributed by atoms with van der Waals surface area (Å²) in [6.07, 6.45) is -3.04. The van der Waals surface area contributed by atoms with Crippen molar-refractivity contribution in [3.8, 4) is 28.6 Å². The molecule has 0 aliphatic carbocycles. The summed E-state index contributed by atoms with van der Waals surface area (Å²) in [6, 6.07) is 22.9. The van der Waals surface area contributed by atoms with Crippen LogP contribution in [0.25, 0.3) is 11.4 Å². The smallest absolute Gasteiger partial charge is 0.404 e. The van der Waals surface area contributed by atoms with Crippen LogP contribution in [-0.4, -0.2) is 113 Å². The quantitative estimate of drug-likeness (QED) is 0.0959. The van der Waals surface area contributed by atoms with E-state index in [1.807, 2.05) is 31.8 Å². The molecule has 0 unspecified atom stereocenters. The van der Waals surface area contributed by atoms with E-state index in [1.54, 1.807) is 72.7 Å². The molecule has 2 heterocycles. The Morgan fingerprint density at radius 2 is 1.37 bits per heavy atom. The van der Waals surface area contributed by atoms with Gasteiger partial charge >= 0.3 is 6.09 Å². The van der Waals surface area contributed by atoms with Gasteiger partial charge in [-0.2, -0.15) is 9.10 Å². The summed E-state index contributed by atoms with van der Waals surface area (Å²) in [7, 11) is -6.60. The lowest BCUT2D eigenvalue weighted by Gasteiger charge is -2.37. The number of rotatable bonds is 18. The molecule has 2 N–H and O–H groups in total. The third-order valence-electron chi connectivity index (χ3n) is 10.5. The largest absolute Gasteiger partial charge is 0.497 e. The number of methoxy groups -OCH3 is 3. The average Bonchev–Trinajstić information content (AvgIpc) is 3.71. The van der Waals surface area contributed by atoms with Crippen LogP contribution >= 0.6 is 0 Å². The van der Waals surface area contributed by atoms with E-state index in [-0.39, 0.29) is 62.0 Å². The molecular weight excluding hydrogens is 858 g/mol. The molecule has 1 amide bonds. The summed E-state index contributed by atoms with van der Waals surface area (Å²) >= 11 is 0. The maximum Gasteiger partial charge on any atom is 0.404 e. The highest BCUT2D eigenvalue weighted by Crippen LogP contribution is 2.42. The van der Waals surface area contributed by atoms with Crippen LogP contribution in [0, 0.1) is 0 Å². The number of benzene rings is 4. The summed E-state index contributed by atoms with van der Waals surface area (Å²) in [5.74, 6) is 1.22. The third-order valence-corrected chi connectivity index (χ3v) is 16.4. The minimum atomic E-state index is -4.87. The van der Waals surface area contributed by atoms with Crippen molar-refractivity contribution in [2.45, 2.75) is 73.7 Å². The maximum absolute atomic E-state index is 15.9. The molecule has 1 aliphatic heterocycles. The molecule has 0 radical (unpaired) electrons. The number of carbonyl (C=O) groups is 1. The molecule has 1 fully saturated rings. The van der Waals surface area contributed by atoms with Gasteiger partial charge in [0.05, 0.1) is 56.7 Å². The number of alkyl halides is 1. The molecule has 62 heavy (non-hydrogen) atoms. The highest BCUT2D eigenvalue weighted by molar-refractivity contribution is 7.93. The van der Waals surface area contributed by atoms with Gasteiger partial charge in [-0.3, -0.25) is 0 Å². The summed E-state index contributed by atoms with van der Waals surface area (Å²) in [6.45, 7) is 5.56. The summed E-state index contributed by atoms with van der Waals surface area (Å²) < 4.78 is 94.1. The standard InChI is InChI=1S/C42H52FN7O9S2Si/c1-57-32-13-7-29(8-14-32)25-49(26-30-9-15-33(58-2)16-10-30)61(55,56)40-38(60(53,54)23-24-62(4,5)6)20-19-37(48-22-21-36(35(43)28-48)44-42(51)52)39(40)41-45-47-50(46-41)27-31-11-17-34(59-3)18-12-31/h7-20,35-36,44H,21-28H2,1-6H3,(H,51,52)/t35-,36+/m0/s1. The Balaban J connectivity index is 1.59. The minimum absolute atomic E-state index is 0.0317. The van der Waals surface area contributed by atoms with Crippen molar-refractivity contribution in [3.63, 3.8) is 0 Å². The Morgan fingerprint density at radius 1 is 0.839 bits per heavy atom. The number of halogens is 1. The first-order valence-electron chi connectivity index (χ1n) is 19.9. The number of anilines is 1. The molecule has 1 aliphatic rings. The zero-order valence-electron chi connectivity index (χ0n) is 35.5. The van der Waals surface area contributed by atoms with Gasteiger partial charge in [0.1, 0.15) is 28.3 Å². The molecule has 0 saturated carbocycles. The fraction of sp³-hybridized carbons (Fsp3) is 0.381. The van der Waals surface area contributed by atoms with Crippen LogP contribution in [0.2, 0.25) is 25.7 Å². The highest BCUT2D eigenvalue weighted by Gasteiger charge is 2.40. The van der Waals surface area contributed by atoms with E-state index in [0.717, 1.165) is 5.56 Å². The Labute approximate surface area is 362 Å². The van der Waals surface area contributed by atoms with Gasteiger partial charge in [-0.1, -0.05) is 56.0 Å². The zero-order valence-corrected chi connectivity index (χ0v) is 38.1. The van der Waals surface area contributed by atoms with Gasteiger partial charge in [-0.05, 0) is 82.9 Å². The fourth-order valence-electron chi connectivity index (χ4n) is 7.06. The van der Waals surface area contributed by atoms with Crippen molar-refractivity contribution in [2.24, 2.45) is 0 Å². The van der Waals surface area contributed by atoms with Crippen LogP contribution in [0.4, 0.5) is 14.9 Å². The number of hydrogen-bond acceptors (Lipinski definition) is 12. The van der Waals surface area contributed by atoms with E-state index in [4.69, 9.17) is 14.2 Å². The summed E-state index contributed by atoms with van der Waals surface area (Å²) in [5, 5.41) is 24.9. The second-order valence-electron chi connectivity index (χ2n) is 16.2. The number of tetrazole rings is 1. The van der Waals surface area contributed by atoms with E-state index in [0.29, 0.717) is 34.4 Å². The van der Waals surface area contributed by atoms with E-state index in [1.165, 1.54) is 35.5 Å². The van der Waals surface area contributed by atoms with Gasteiger partial charge < -0.3 is 29.5 Å². The van der Waals surface area contributed by atoms with Crippen molar-refractivity contribution in [1.82, 2.24) is 29.8 Å². The lowest BCUT2D eigenvalue weighted by molar-refractivity contribution is 0.168. The lowest BCUT2D eigenvalue weighted by atomic mass is 10.0. The monoisotopic (exact) mass is 909 g/mol. The maximum atomic E-state index is 15.9. The number of carboxylic acid groups (broad SMARTS) is 1. The Hall–Kier alpha value is -5.57. The normalized spacial score (nSPS) is 16.0. The van der Waals surface area contributed by atoms with E-state index in [2.05, 4.69) is 20.7 Å². The van der Waals surface area contributed by atoms with Gasteiger partial charge in [0.25, 0.3) is 0 Å². The fourth-order valence-corrected chi connectivity index (χ4v) is 13.8. The predicted molar refractivity (Wildman–Crippen MR) is 235 cm³/mol. The molecule has 4 aromatic carbocycles. The number of aromatic nitrogens is 4. The van der Waals surface area contributed by atoms with Crippen molar-refractivity contribution < 1.29 is 45.3 Å². The first kappa shape index (κ1) is 45.9. The Morgan fingerprint density at radius 3 is 1.85 bits per heavy atom. The summed E-state index contributed by atoms with van der Waals surface area (Å²) in [4.78, 5) is 13.3. The molecule has 6 rings (SSSR count). The molecule has 1 saturated heterocycles. The van der Waals surface area contributed by atoms with Crippen LogP contribution < -0.4 is 24.4 Å².